The van der Waals surface area contributed by atoms with Crippen LogP contribution in [0.4, 0.5) is 0 Å². The Balaban J connectivity index is 2.19. The first kappa shape index (κ1) is 15.3. The van der Waals surface area contributed by atoms with Gasteiger partial charge in [0, 0.05) is 12.1 Å². The normalized spacial score (nSPS) is 14.9. The molecular weight excluding hydrogens is 286 g/mol. The van der Waals surface area contributed by atoms with E-state index in [0.717, 1.165) is 15.9 Å². The summed E-state index contributed by atoms with van der Waals surface area (Å²) in [5.41, 5.74) is 0.985. The Morgan fingerprint density at radius 2 is 1.43 bits per heavy atom. The zero-order valence-electron chi connectivity index (χ0n) is 13.0. The van der Waals surface area contributed by atoms with Gasteiger partial charge >= 0.3 is 0 Å². The van der Waals surface area contributed by atoms with Crippen LogP contribution in [0.25, 0.3) is 0 Å². The van der Waals surface area contributed by atoms with Crippen LogP contribution in [0.5, 0.6) is 0 Å². The first-order valence-electron chi connectivity index (χ1n) is 7.61. The van der Waals surface area contributed by atoms with Crippen LogP contribution in [0.3, 0.4) is 0 Å². The number of benzene rings is 2. The molecular formula is C20H19NO2. The lowest BCUT2D eigenvalue weighted by atomic mass is 9.76. The van der Waals surface area contributed by atoms with Gasteiger partial charge in [-0.15, -0.1) is 0 Å². The Kier molecular flexibility index (Phi) is 4.13. The summed E-state index contributed by atoms with van der Waals surface area (Å²) in [5, 5.41) is 23.6. The highest BCUT2D eigenvalue weighted by Gasteiger charge is 2.40. The summed E-state index contributed by atoms with van der Waals surface area (Å²) in [4.78, 5) is 0. The Labute approximate surface area is 136 Å². The van der Waals surface area contributed by atoms with E-state index in [0.29, 0.717) is 5.69 Å². The average Bonchev–Trinajstić information content (AvgIpc) is 2.58. The fourth-order valence-corrected chi connectivity index (χ4v) is 3.04. The fourth-order valence-electron chi connectivity index (χ4n) is 3.04. The lowest BCUT2D eigenvalue weighted by molar-refractivity contribution is -0.616. The molecule has 23 heavy (non-hydrogen) atoms. The van der Waals surface area contributed by atoms with Gasteiger partial charge in [-0.3, -0.25) is 0 Å². The molecule has 0 unspecified atom stereocenters. The van der Waals surface area contributed by atoms with Crippen molar-refractivity contribution in [3.63, 3.8) is 0 Å². The summed E-state index contributed by atoms with van der Waals surface area (Å²) in [6.07, 6.45) is 1.46. The van der Waals surface area contributed by atoms with E-state index in [4.69, 9.17) is 0 Å². The summed E-state index contributed by atoms with van der Waals surface area (Å²) >= 11 is 0. The molecule has 1 N–H and O–H groups in total. The van der Waals surface area contributed by atoms with Crippen molar-refractivity contribution in [1.29, 1.82) is 0 Å². The van der Waals surface area contributed by atoms with Crippen molar-refractivity contribution in [3.8, 4) is 0 Å². The smallest absolute Gasteiger partial charge is 0.203 e. The van der Waals surface area contributed by atoms with Crippen LogP contribution in [0.15, 0.2) is 85.1 Å². The Morgan fingerprint density at radius 3 is 2.04 bits per heavy atom. The monoisotopic (exact) mass is 305 g/mol. The summed E-state index contributed by atoms with van der Waals surface area (Å²) in [7, 11) is 0. The van der Waals surface area contributed by atoms with Crippen LogP contribution < -0.4 is 4.73 Å². The van der Waals surface area contributed by atoms with Gasteiger partial charge in [-0.2, -0.15) is 4.73 Å². The molecule has 0 saturated carbocycles. The molecule has 2 aromatic carbocycles. The zero-order chi connectivity index (χ0) is 16.3. The van der Waals surface area contributed by atoms with E-state index < -0.39 is 11.5 Å². The van der Waals surface area contributed by atoms with Crippen LogP contribution in [0.2, 0.25) is 0 Å². The molecule has 1 heterocycles. The minimum absolute atomic E-state index is 0.468. The van der Waals surface area contributed by atoms with Crippen LogP contribution in [0, 0.1) is 5.21 Å². The van der Waals surface area contributed by atoms with Crippen LogP contribution in [-0.4, -0.2) is 5.11 Å². The minimum atomic E-state index is -1.21. The van der Waals surface area contributed by atoms with Crippen LogP contribution in [0.1, 0.15) is 29.7 Å². The van der Waals surface area contributed by atoms with E-state index in [1.165, 1.54) is 6.20 Å². The Hall–Kier alpha value is -2.65. The molecule has 0 fully saturated rings. The van der Waals surface area contributed by atoms with Crippen LogP contribution >= 0.6 is 0 Å². The van der Waals surface area contributed by atoms with Crippen molar-refractivity contribution in [2.24, 2.45) is 0 Å². The topological polar surface area (TPSA) is 47.2 Å². The number of rotatable bonds is 4. The predicted octanol–water partition coefficient (Wildman–Crippen LogP) is 3.36. The molecule has 0 aliphatic rings. The Morgan fingerprint density at radius 1 is 0.870 bits per heavy atom. The average molecular weight is 305 g/mol. The molecule has 0 aliphatic heterocycles. The van der Waals surface area contributed by atoms with Gasteiger partial charge < -0.3 is 10.3 Å². The first-order chi connectivity index (χ1) is 11.1. The second-order valence-electron chi connectivity index (χ2n) is 5.81. The molecule has 3 rings (SSSR count). The Bertz CT molecular complexity index is 770. The largest absolute Gasteiger partial charge is 0.618 e. The van der Waals surface area contributed by atoms with E-state index >= 15 is 0 Å². The summed E-state index contributed by atoms with van der Waals surface area (Å²) in [6.45, 7) is 1.76. The minimum Gasteiger partial charge on any atom is -0.618 e. The third-order valence-electron chi connectivity index (χ3n) is 4.20. The number of aromatic nitrogens is 1. The molecule has 3 aromatic rings. The highest BCUT2D eigenvalue weighted by molar-refractivity contribution is 5.36. The van der Waals surface area contributed by atoms with Gasteiger partial charge in [0.2, 0.25) is 5.69 Å². The van der Waals surface area contributed by atoms with E-state index in [9.17, 15) is 10.3 Å². The van der Waals surface area contributed by atoms with Gasteiger partial charge in [0.05, 0.1) is 0 Å². The highest BCUT2D eigenvalue weighted by Crippen LogP contribution is 2.40. The van der Waals surface area contributed by atoms with Crippen molar-refractivity contribution in [1.82, 2.24) is 0 Å². The summed E-state index contributed by atoms with van der Waals surface area (Å²) in [6, 6.07) is 24.4. The number of hydrogen-bond donors (Lipinski definition) is 1. The van der Waals surface area contributed by atoms with Crippen molar-refractivity contribution in [3.05, 3.63) is 107 Å². The number of hydrogen-bond acceptors (Lipinski definition) is 2. The number of nitrogens with zero attached hydrogens (tertiary/aromatic N) is 1. The van der Waals surface area contributed by atoms with Gasteiger partial charge in [-0.25, -0.2) is 0 Å². The third kappa shape index (κ3) is 2.96. The van der Waals surface area contributed by atoms with E-state index in [2.05, 4.69) is 0 Å². The molecule has 0 spiro atoms. The van der Waals surface area contributed by atoms with Gasteiger partial charge in [-0.05, 0) is 24.1 Å². The van der Waals surface area contributed by atoms with Crippen LogP contribution in [-0.2, 0) is 5.60 Å². The quantitative estimate of drug-likeness (QED) is 0.593. The molecule has 0 amide bonds. The lowest BCUT2D eigenvalue weighted by Crippen LogP contribution is -2.40. The number of aliphatic hydroxyl groups is 1. The van der Waals surface area contributed by atoms with Crippen molar-refractivity contribution >= 4 is 0 Å². The molecule has 3 nitrogen and oxygen atoms in total. The van der Waals surface area contributed by atoms with Crippen molar-refractivity contribution < 1.29 is 9.84 Å². The van der Waals surface area contributed by atoms with E-state index in [-0.39, 0.29) is 0 Å². The molecule has 2 atom stereocenters. The molecule has 0 aliphatic carbocycles. The molecule has 0 saturated heterocycles. The standard InChI is InChI=1S/C20H19NO2/c1-20(22,17-12-6-3-7-13-17)19(16-10-4-2-5-11-16)18-14-8-9-15-21(18)23/h2-15,19,22H,1H3/t19-,20-/m0/s1. The van der Waals surface area contributed by atoms with Crippen molar-refractivity contribution in [2.75, 3.05) is 0 Å². The third-order valence-corrected chi connectivity index (χ3v) is 4.20. The van der Waals surface area contributed by atoms with E-state index in [1.807, 2.05) is 66.7 Å². The van der Waals surface area contributed by atoms with Gasteiger partial charge in [0.15, 0.2) is 6.20 Å². The zero-order valence-corrected chi connectivity index (χ0v) is 13.0. The van der Waals surface area contributed by atoms with Gasteiger partial charge in [-0.1, -0.05) is 60.7 Å². The second-order valence-corrected chi connectivity index (χ2v) is 5.81. The SMILES string of the molecule is C[C@](O)(c1ccccc1)[C@@H](c1ccccc1)c1cccc[n+]1[O-]. The fraction of sp³-hybridized carbons (Fsp3) is 0.150. The van der Waals surface area contributed by atoms with Crippen molar-refractivity contribution in [2.45, 2.75) is 18.4 Å². The van der Waals surface area contributed by atoms with Gasteiger partial charge in [0.1, 0.15) is 11.5 Å². The van der Waals surface area contributed by atoms with E-state index in [1.54, 1.807) is 19.1 Å². The summed E-state index contributed by atoms with van der Waals surface area (Å²) < 4.78 is 0.828. The maximum absolute atomic E-state index is 12.3. The predicted molar refractivity (Wildman–Crippen MR) is 89.7 cm³/mol. The highest BCUT2D eigenvalue weighted by atomic mass is 16.5. The maximum atomic E-state index is 12.3. The lowest BCUT2D eigenvalue weighted by Gasteiger charge is -2.32. The second kappa shape index (κ2) is 6.23. The first-order valence-corrected chi connectivity index (χ1v) is 7.61. The maximum Gasteiger partial charge on any atom is 0.203 e. The summed E-state index contributed by atoms with van der Waals surface area (Å²) in [5.74, 6) is -0.468. The molecule has 3 heteroatoms. The molecule has 0 bridgehead atoms. The molecule has 0 radical (unpaired) electrons. The number of pyridine rings is 1. The molecule has 1 aromatic heterocycles. The van der Waals surface area contributed by atoms with Gasteiger partial charge in [0.25, 0.3) is 0 Å². The molecule has 116 valence electrons.